The average Bonchev–Trinajstić information content (AvgIpc) is 3.43. The van der Waals surface area contributed by atoms with Crippen LogP contribution in [-0.2, 0) is 6.54 Å². The molecule has 0 bridgehead atoms. The van der Waals surface area contributed by atoms with Crippen molar-refractivity contribution in [3.63, 3.8) is 0 Å². The molecule has 5 rings (SSSR count). The summed E-state index contributed by atoms with van der Waals surface area (Å²) in [5, 5.41) is 14.1. The number of benzene rings is 1. The highest BCUT2D eigenvalue weighted by molar-refractivity contribution is 5.69. The number of aliphatic hydroxyl groups is 1. The van der Waals surface area contributed by atoms with Gasteiger partial charge in [-0.2, -0.15) is 5.10 Å². The van der Waals surface area contributed by atoms with Gasteiger partial charge in [0.25, 0.3) is 0 Å². The predicted molar refractivity (Wildman–Crippen MR) is 127 cm³/mol. The molecule has 0 unspecified atom stereocenters. The van der Waals surface area contributed by atoms with E-state index in [1.165, 1.54) is 5.56 Å². The third-order valence-electron chi connectivity index (χ3n) is 7.11. The fourth-order valence-electron chi connectivity index (χ4n) is 4.99. The maximum absolute atomic E-state index is 9.70. The lowest BCUT2D eigenvalue weighted by Crippen LogP contribution is -2.50. The van der Waals surface area contributed by atoms with Crippen LogP contribution in [0.15, 0.2) is 30.7 Å². The van der Waals surface area contributed by atoms with Crippen molar-refractivity contribution in [1.82, 2.24) is 29.2 Å². The molecule has 0 aliphatic carbocycles. The molecule has 0 spiro atoms. The van der Waals surface area contributed by atoms with Gasteiger partial charge in [0.05, 0.1) is 18.7 Å². The molecular formula is C25H34N6O2. The van der Waals surface area contributed by atoms with Gasteiger partial charge in [-0.05, 0) is 77.2 Å². The predicted octanol–water partition coefficient (Wildman–Crippen LogP) is 3.73. The number of hydrogen-bond donors (Lipinski definition) is 1. The number of piperidine rings is 1. The molecule has 1 aromatic carbocycles. The number of hydrogen-bond acceptors (Lipinski definition) is 6. The van der Waals surface area contributed by atoms with E-state index < -0.39 is 0 Å². The summed E-state index contributed by atoms with van der Waals surface area (Å²) in [6.45, 7) is 12.0. The number of aromatic nitrogens is 5. The minimum absolute atomic E-state index is 0.156. The van der Waals surface area contributed by atoms with Crippen molar-refractivity contribution >= 4 is 0 Å². The summed E-state index contributed by atoms with van der Waals surface area (Å²) in [5.74, 6) is 3.13. The van der Waals surface area contributed by atoms with Gasteiger partial charge in [-0.25, -0.2) is 14.6 Å². The molecule has 0 radical (unpaired) electrons. The van der Waals surface area contributed by atoms with Gasteiger partial charge in [0, 0.05) is 17.8 Å². The Morgan fingerprint density at radius 2 is 1.94 bits per heavy atom. The van der Waals surface area contributed by atoms with Crippen molar-refractivity contribution in [3.05, 3.63) is 36.3 Å². The van der Waals surface area contributed by atoms with Crippen molar-refractivity contribution in [3.8, 4) is 28.7 Å². The Balaban J connectivity index is 1.41. The lowest BCUT2D eigenvalue weighted by Gasteiger charge is -2.42. The molecule has 1 saturated heterocycles. The van der Waals surface area contributed by atoms with Crippen LogP contribution >= 0.6 is 0 Å². The molecule has 1 fully saturated rings. The Kier molecular flexibility index (Phi) is 5.74. The third-order valence-corrected chi connectivity index (χ3v) is 7.11. The van der Waals surface area contributed by atoms with Gasteiger partial charge in [0.15, 0.2) is 5.82 Å². The van der Waals surface area contributed by atoms with E-state index >= 15 is 0 Å². The molecule has 8 nitrogen and oxygen atoms in total. The Bertz CT molecular complexity index is 1120. The molecular weight excluding hydrogens is 416 g/mol. The van der Waals surface area contributed by atoms with Crippen molar-refractivity contribution in [1.29, 1.82) is 0 Å². The van der Waals surface area contributed by atoms with Gasteiger partial charge in [-0.3, -0.25) is 4.90 Å². The second-order valence-electron chi connectivity index (χ2n) is 10.1. The zero-order valence-corrected chi connectivity index (χ0v) is 20.0. The number of rotatable bonds is 5. The standard InChI is InChI=1S/C25H34N6O2/c1-17(2)31-24(26-16-27-31)21-14-29-11-12-33-22-13-19(5-6-20(22)23(29)28-21)18-7-9-30(10-8-18)25(3,4)15-32/h5-6,13-14,16-18,32H,7-12,15H2,1-4H3. The summed E-state index contributed by atoms with van der Waals surface area (Å²) in [6, 6.07) is 6.83. The maximum atomic E-state index is 9.70. The average molecular weight is 451 g/mol. The Morgan fingerprint density at radius 3 is 2.67 bits per heavy atom. The van der Waals surface area contributed by atoms with Crippen LogP contribution in [0.3, 0.4) is 0 Å². The first-order valence-electron chi connectivity index (χ1n) is 12.0. The van der Waals surface area contributed by atoms with E-state index in [0.29, 0.717) is 12.5 Å². The van der Waals surface area contributed by atoms with E-state index in [4.69, 9.17) is 9.72 Å². The van der Waals surface area contributed by atoms with Gasteiger partial charge in [0.2, 0.25) is 0 Å². The topological polar surface area (TPSA) is 81.2 Å². The van der Waals surface area contributed by atoms with E-state index in [-0.39, 0.29) is 18.2 Å². The van der Waals surface area contributed by atoms with Crippen molar-refractivity contribution < 1.29 is 9.84 Å². The zero-order valence-electron chi connectivity index (χ0n) is 20.0. The van der Waals surface area contributed by atoms with Crippen molar-refractivity contribution in [2.45, 2.75) is 64.6 Å². The number of likely N-dealkylation sites (tertiary alicyclic amines) is 1. The van der Waals surface area contributed by atoms with Crippen LogP contribution in [0.5, 0.6) is 5.75 Å². The quantitative estimate of drug-likeness (QED) is 0.638. The molecule has 3 aromatic rings. The van der Waals surface area contributed by atoms with Crippen molar-refractivity contribution in [2.75, 3.05) is 26.3 Å². The van der Waals surface area contributed by atoms with Gasteiger partial charge in [0.1, 0.15) is 30.2 Å². The van der Waals surface area contributed by atoms with E-state index in [1.54, 1.807) is 6.33 Å². The summed E-state index contributed by atoms with van der Waals surface area (Å²) in [6.07, 6.45) is 5.83. The molecule has 0 atom stereocenters. The van der Waals surface area contributed by atoms with Crippen LogP contribution in [0.4, 0.5) is 0 Å². The molecule has 33 heavy (non-hydrogen) atoms. The minimum atomic E-state index is -0.156. The smallest absolute Gasteiger partial charge is 0.178 e. The summed E-state index contributed by atoms with van der Waals surface area (Å²) in [7, 11) is 0. The van der Waals surface area contributed by atoms with Crippen LogP contribution < -0.4 is 4.74 Å². The summed E-state index contributed by atoms with van der Waals surface area (Å²) in [4.78, 5) is 11.8. The Hall–Kier alpha value is -2.71. The van der Waals surface area contributed by atoms with Gasteiger partial charge in [-0.1, -0.05) is 6.07 Å². The van der Waals surface area contributed by atoms with Crippen LogP contribution in [-0.4, -0.2) is 66.2 Å². The summed E-state index contributed by atoms with van der Waals surface area (Å²) < 4.78 is 10.2. The summed E-state index contributed by atoms with van der Waals surface area (Å²) in [5.41, 5.74) is 3.04. The maximum Gasteiger partial charge on any atom is 0.178 e. The lowest BCUT2D eigenvalue weighted by molar-refractivity contribution is 0.0379. The largest absolute Gasteiger partial charge is 0.491 e. The second-order valence-corrected chi connectivity index (χ2v) is 10.1. The first-order valence-corrected chi connectivity index (χ1v) is 12.0. The summed E-state index contributed by atoms with van der Waals surface area (Å²) >= 11 is 0. The number of imidazole rings is 1. The molecule has 8 heteroatoms. The number of aliphatic hydroxyl groups excluding tert-OH is 1. The molecule has 2 aromatic heterocycles. The third kappa shape index (κ3) is 4.06. The molecule has 176 valence electrons. The van der Waals surface area contributed by atoms with Gasteiger partial charge < -0.3 is 14.4 Å². The molecule has 2 aliphatic heterocycles. The van der Waals surface area contributed by atoms with Gasteiger partial charge >= 0.3 is 0 Å². The van der Waals surface area contributed by atoms with E-state index in [2.05, 4.69) is 71.6 Å². The lowest BCUT2D eigenvalue weighted by atomic mass is 9.86. The van der Waals surface area contributed by atoms with Crippen LogP contribution in [0.25, 0.3) is 22.9 Å². The van der Waals surface area contributed by atoms with E-state index in [0.717, 1.165) is 61.1 Å². The molecule has 4 heterocycles. The van der Waals surface area contributed by atoms with Crippen molar-refractivity contribution in [2.24, 2.45) is 0 Å². The number of fused-ring (bicyclic) bond motifs is 3. The number of ether oxygens (including phenoxy) is 1. The molecule has 2 aliphatic rings. The van der Waals surface area contributed by atoms with E-state index in [1.807, 2.05) is 4.68 Å². The SMILES string of the molecule is CC(C)n1ncnc1-c1cn2c(n1)-c1ccc(C3CCN(C(C)(C)CO)CC3)cc1OCC2. The first-order chi connectivity index (χ1) is 15.9. The fraction of sp³-hybridized carbons (Fsp3) is 0.560. The molecule has 0 saturated carbocycles. The normalized spacial score (nSPS) is 17.5. The number of nitrogens with zero attached hydrogens (tertiary/aromatic N) is 6. The van der Waals surface area contributed by atoms with Gasteiger partial charge in [-0.15, -0.1) is 0 Å². The fourth-order valence-corrected chi connectivity index (χ4v) is 4.99. The van der Waals surface area contributed by atoms with Crippen LogP contribution in [0, 0.1) is 0 Å². The van der Waals surface area contributed by atoms with Crippen LogP contribution in [0.1, 0.15) is 58.1 Å². The Labute approximate surface area is 195 Å². The van der Waals surface area contributed by atoms with Crippen LogP contribution in [0.2, 0.25) is 0 Å². The highest BCUT2D eigenvalue weighted by Crippen LogP contribution is 2.38. The monoisotopic (exact) mass is 450 g/mol. The highest BCUT2D eigenvalue weighted by Gasteiger charge is 2.31. The zero-order chi connectivity index (χ0) is 23.2. The molecule has 1 N–H and O–H groups in total. The highest BCUT2D eigenvalue weighted by atomic mass is 16.5. The minimum Gasteiger partial charge on any atom is -0.491 e. The van der Waals surface area contributed by atoms with E-state index in [9.17, 15) is 5.11 Å². The molecule has 0 amide bonds. The Morgan fingerprint density at radius 1 is 1.15 bits per heavy atom. The second kappa shape index (κ2) is 8.57. The first kappa shape index (κ1) is 22.1.